The van der Waals surface area contributed by atoms with Gasteiger partial charge in [0.1, 0.15) is 4.60 Å². The summed E-state index contributed by atoms with van der Waals surface area (Å²) < 4.78 is 8.33. The van der Waals surface area contributed by atoms with Crippen LogP contribution in [-0.4, -0.2) is 27.2 Å². The van der Waals surface area contributed by atoms with E-state index in [4.69, 9.17) is 4.74 Å². The standard InChI is InChI=1S/C17H14Br2N2O3/c1-2-24-17(23)14-15(22)12-11(8-20-14)21(16(19)13(12)18)9-10-6-4-3-5-7-10/h3-8,22H,2,9H2,1H3. The molecule has 124 valence electrons. The van der Waals surface area contributed by atoms with Crippen molar-refractivity contribution in [2.45, 2.75) is 13.5 Å². The van der Waals surface area contributed by atoms with Gasteiger partial charge in [0.15, 0.2) is 11.4 Å². The second kappa shape index (κ2) is 6.94. The van der Waals surface area contributed by atoms with Gasteiger partial charge in [0.05, 0.1) is 28.2 Å². The van der Waals surface area contributed by atoms with Crippen molar-refractivity contribution >= 4 is 48.7 Å². The van der Waals surface area contributed by atoms with Crippen LogP contribution in [0.4, 0.5) is 0 Å². The Bertz CT molecular complexity index is 907. The quantitative estimate of drug-likeness (QED) is 0.591. The van der Waals surface area contributed by atoms with Gasteiger partial charge in [0, 0.05) is 6.54 Å². The number of pyridine rings is 1. The molecule has 1 aromatic carbocycles. The summed E-state index contributed by atoms with van der Waals surface area (Å²) in [6.07, 6.45) is 1.57. The van der Waals surface area contributed by atoms with Crippen molar-refractivity contribution < 1.29 is 14.6 Å². The minimum absolute atomic E-state index is 0.0885. The highest BCUT2D eigenvalue weighted by atomic mass is 79.9. The molecule has 0 bridgehead atoms. The molecule has 24 heavy (non-hydrogen) atoms. The maximum absolute atomic E-state index is 11.9. The molecule has 0 spiro atoms. The Labute approximate surface area is 155 Å². The average Bonchev–Trinajstić information content (AvgIpc) is 2.82. The predicted molar refractivity (Wildman–Crippen MR) is 98.3 cm³/mol. The lowest BCUT2D eigenvalue weighted by atomic mass is 10.2. The van der Waals surface area contributed by atoms with Crippen LogP contribution in [0.1, 0.15) is 23.0 Å². The van der Waals surface area contributed by atoms with Gasteiger partial charge in [-0.1, -0.05) is 30.3 Å². The summed E-state index contributed by atoms with van der Waals surface area (Å²) in [4.78, 5) is 16.0. The van der Waals surface area contributed by atoms with Gasteiger partial charge >= 0.3 is 5.97 Å². The SMILES string of the molecule is CCOC(=O)c1ncc2c(c1O)c(Br)c(Br)n2Cc1ccccc1. The number of halogens is 2. The molecule has 3 rings (SSSR count). The van der Waals surface area contributed by atoms with Crippen LogP contribution < -0.4 is 0 Å². The van der Waals surface area contributed by atoms with Crippen LogP contribution in [-0.2, 0) is 11.3 Å². The van der Waals surface area contributed by atoms with Gasteiger partial charge in [0.2, 0.25) is 0 Å². The summed E-state index contributed by atoms with van der Waals surface area (Å²) in [5.41, 5.74) is 1.73. The number of rotatable bonds is 4. The third-order valence-electron chi connectivity index (χ3n) is 3.61. The Morgan fingerprint density at radius 2 is 2.00 bits per heavy atom. The lowest BCUT2D eigenvalue weighted by molar-refractivity contribution is 0.0516. The van der Waals surface area contributed by atoms with Crippen LogP contribution >= 0.6 is 31.9 Å². The predicted octanol–water partition coefficient (Wildman–Crippen LogP) is 4.49. The van der Waals surface area contributed by atoms with E-state index in [2.05, 4.69) is 36.8 Å². The highest BCUT2D eigenvalue weighted by molar-refractivity contribution is 9.13. The highest BCUT2D eigenvalue weighted by Gasteiger charge is 2.23. The Morgan fingerprint density at radius 1 is 1.29 bits per heavy atom. The van der Waals surface area contributed by atoms with E-state index < -0.39 is 5.97 Å². The Balaban J connectivity index is 2.14. The number of ether oxygens (including phenoxy) is 1. The summed E-state index contributed by atoms with van der Waals surface area (Å²) in [5, 5.41) is 11.0. The monoisotopic (exact) mass is 452 g/mol. The van der Waals surface area contributed by atoms with E-state index >= 15 is 0 Å². The zero-order chi connectivity index (χ0) is 17.3. The molecule has 0 aliphatic rings. The highest BCUT2D eigenvalue weighted by Crippen LogP contribution is 2.41. The van der Waals surface area contributed by atoms with E-state index in [1.165, 1.54) is 0 Å². The van der Waals surface area contributed by atoms with Crippen LogP contribution in [0.2, 0.25) is 0 Å². The van der Waals surface area contributed by atoms with Crippen LogP contribution in [0, 0.1) is 0 Å². The first-order valence-corrected chi connectivity index (χ1v) is 8.89. The molecule has 2 heterocycles. The number of hydrogen-bond donors (Lipinski definition) is 1. The lowest BCUT2D eigenvalue weighted by Crippen LogP contribution is -2.08. The van der Waals surface area contributed by atoms with Crippen molar-refractivity contribution in [3.05, 3.63) is 56.9 Å². The second-order valence-corrected chi connectivity index (χ2v) is 6.66. The molecule has 0 atom stereocenters. The first kappa shape index (κ1) is 17.0. The molecule has 0 fully saturated rings. The molecule has 0 aliphatic carbocycles. The van der Waals surface area contributed by atoms with E-state index in [1.54, 1.807) is 13.1 Å². The molecule has 0 unspecified atom stereocenters. The lowest BCUT2D eigenvalue weighted by Gasteiger charge is -2.08. The topological polar surface area (TPSA) is 64.3 Å². The maximum Gasteiger partial charge on any atom is 0.360 e. The number of benzene rings is 1. The number of esters is 1. The third-order valence-corrected chi connectivity index (χ3v) is 5.74. The molecule has 0 radical (unpaired) electrons. The average molecular weight is 454 g/mol. The van der Waals surface area contributed by atoms with E-state index in [1.807, 2.05) is 34.9 Å². The van der Waals surface area contributed by atoms with E-state index in [-0.39, 0.29) is 18.1 Å². The van der Waals surface area contributed by atoms with Gasteiger partial charge in [-0.15, -0.1) is 0 Å². The molecule has 1 N–H and O–H groups in total. The molecule has 7 heteroatoms. The van der Waals surface area contributed by atoms with Crippen LogP contribution in [0.3, 0.4) is 0 Å². The molecule has 0 aliphatic heterocycles. The first-order chi connectivity index (χ1) is 11.5. The molecular weight excluding hydrogens is 440 g/mol. The fraction of sp³-hybridized carbons (Fsp3) is 0.176. The summed E-state index contributed by atoms with van der Waals surface area (Å²) >= 11 is 7.02. The van der Waals surface area contributed by atoms with Gasteiger partial charge in [0.25, 0.3) is 0 Å². The third kappa shape index (κ3) is 2.93. The van der Waals surface area contributed by atoms with Crippen LogP contribution in [0.25, 0.3) is 10.9 Å². The fourth-order valence-electron chi connectivity index (χ4n) is 2.51. The number of carbonyl (C=O) groups excluding carboxylic acids is 1. The maximum atomic E-state index is 11.9. The molecule has 2 aromatic heterocycles. The van der Waals surface area contributed by atoms with Crippen molar-refractivity contribution in [1.29, 1.82) is 0 Å². The second-order valence-electron chi connectivity index (χ2n) is 5.11. The molecule has 0 saturated carbocycles. The number of aromatic nitrogens is 2. The number of carbonyl (C=O) groups is 1. The minimum Gasteiger partial charge on any atom is -0.505 e. The van der Waals surface area contributed by atoms with Crippen LogP contribution in [0.5, 0.6) is 5.75 Å². The molecular formula is C17H14Br2N2O3. The smallest absolute Gasteiger partial charge is 0.360 e. The Hall–Kier alpha value is -1.86. The summed E-state index contributed by atoms with van der Waals surface area (Å²) in [6.45, 7) is 2.53. The van der Waals surface area contributed by atoms with E-state index in [0.717, 1.165) is 10.2 Å². The van der Waals surface area contributed by atoms with Gasteiger partial charge in [-0.25, -0.2) is 9.78 Å². The number of aromatic hydroxyl groups is 1. The van der Waals surface area contributed by atoms with Crippen molar-refractivity contribution in [2.24, 2.45) is 0 Å². The largest absolute Gasteiger partial charge is 0.505 e. The summed E-state index contributed by atoms with van der Waals surface area (Å²) in [6, 6.07) is 9.94. The number of nitrogens with zero attached hydrogens (tertiary/aromatic N) is 2. The van der Waals surface area contributed by atoms with Crippen molar-refractivity contribution in [2.75, 3.05) is 6.61 Å². The minimum atomic E-state index is -0.643. The number of fused-ring (bicyclic) bond motifs is 1. The summed E-state index contributed by atoms with van der Waals surface area (Å²) in [7, 11) is 0. The molecule has 0 amide bonds. The Kier molecular flexibility index (Phi) is 4.91. The first-order valence-electron chi connectivity index (χ1n) is 7.30. The van der Waals surface area contributed by atoms with Crippen molar-refractivity contribution in [3.8, 4) is 5.75 Å². The van der Waals surface area contributed by atoms with Crippen molar-refractivity contribution in [3.63, 3.8) is 0 Å². The zero-order valence-corrected chi connectivity index (χ0v) is 16.0. The fourth-order valence-corrected chi connectivity index (χ4v) is 3.63. The molecule has 0 saturated heterocycles. The Morgan fingerprint density at radius 3 is 2.67 bits per heavy atom. The normalized spacial score (nSPS) is 11.0. The number of hydrogen-bond acceptors (Lipinski definition) is 4. The van der Waals surface area contributed by atoms with E-state index in [0.29, 0.717) is 21.9 Å². The van der Waals surface area contributed by atoms with Gasteiger partial charge in [-0.3, -0.25) is 0 Å². The van der Waals surface area contributed by atoms with E-state index in [9.17, 15) is 9.90 Å². The molecule has 5 nitrogen and oxygen atoms in total. The zero-order valence-electron chi connectivity index (χ0n) is 12.8. The molecule has 3 aromatic rings. The van der Waals surface area contributed by atoms with Crippen LogP contribution in [0.15, 0.2) is 45.6 Å². The van der Waals surface area contributed by atoms with Gasteiger partial charge in [-0.2, -0.15) is 0 Å². The van der Waals surface area contributed by atoms with Gasteiger partial charge < -0.3 is 14.4 Å². The van der Waals surface area contributed by atoms with Gasteiger partial charge in [-0.05, 0) is 44.3 Å². The van der Waals surface area contributed by atoms with Crippen molar-refractivity contribution in [1.82, 2.24) is 9.55 Å². The summed E-state index contributed by atoms with van der Waals surface area (Å²) in [5.74, 6) is -0.832.